The lowest BCUT2D eigenvalue weighted by Gasteiger charge is -2.13. The molecule has 25 heavy (non-hydrogen) atoms. The highest BCUT2D eigenvalue weighted by Crippen LogP contribution is 2.38. The van der Waals surface area contributed by atoms with E-state index in [1.165, 1.54) is 11.8 Å². The summed E-state index contributed by atoms with van der Waals surface area (Å²) in [6.07, 6.45) is -0.556. The SMILES string of the molecule is O=C1OC(CC(=O)c2ccccc2)C(SCc2ccc(Cl)cc2)=C1Cl. The molecule has 0 aliphatic carbocycles. The van der Waals surface area contributed by atoms with Crippen molar-refractivity contribution in [1.29, 1.82) is 0 Å². The number of benzene rings is 2. The minimum atomic E-state index is -0.634. The van der Waals surface area contributed by atoms with Crippen LogP contribution >= 0.6 is 35.0 Å². The van der Waals surface area contributed by atoms with Crippen LogP contribution in [0.5, 0.6) is 0 Å². The minimum Gasteiger partial charge on any atom is -0.452 e. The highest BCUT2D eigenvalue weighted by molar-refractivity contribution is 8.02. The van der Waals surface area contributed by atoms with Crippen molar-refractivity contribution in [3.8, 4) is 0 Å². The molecule has 0 saturated carbocycles. The first-order chi connectivity index (χ1) is 12.0. The monoisotopic (exact) mass is 392 g/mol. The van der Waals surface area contributed by atoms with Crippen molar-refractivity contribution in [3.63, 3.8) is 0 Å². The van der Waals surface area contributed by atoms with E-state index in [1.54, 1.807) is 36.4 Å². The fourth-order valence-corrected chi connectivity index (χ4v) is 3.92. The first-order valence-electron chi connectivity index (χ1n) is 7.60. The predicted octanol–water partition coefficient (Wildman–Crippen LogP) is 5.22. The Morgan fingerprint density at radius 2 is 1.72 bits per heavy atom. The van der Waals surface area contributed by atoms with Gasteiger partial charge in [0, 0.05) is 16.3 Å². The van der Waals surface area contributed by atoms with Crippen LogP contribution in [0, 0.1) is 0 Å². The standard InChI is InChI=1S/C19H14Cl2O3S/c20-14-8-6-12(7-9-14)11-25-18-16(24-19(23)17(18)21)10-15(22)13-4-2-1-3-5-13/h1-9,16H,10-11H2. The molecule has 128 valence electrons. The Labute approximate surface area is 160 Å². The van der Waals surface area contributed by atoms with Crippen molar-refractivity contribution in [2.24, 2.45) is 0 Å². The molecule has 0 N–H and O–H groups in total. The fourth-order valence-electron chi connectivity index (χ4n) is 2.42. The van der Waals surface area contributed by atoms with E-state index in [0.29, 0.717) is 21.2 Å². The van der Waals surface area contributed by atoms with E-state index >= 15 is 0 Å². The number of carbonyl (C=O) groups excluding carboxylic acids is 2. The molecule has 1 unspecified atom stereocenters. The number of Topliss-reactive ketones (excluding diaryl/α,β-unsaturated/α-hetero) is 1. The summed E-state index contributed by atoms with van der Waals surface area (Å²) in [4.78, 5) is 24.8. The zero-order chi connectivity index (χ0) is 17.8. The Hall–Kier alpha value is -1.75. The van der Waals surface area contributed by atoms with E-state index < -0.39 is 12.1 Å². The third kappa shape index (κ3) is 4.46. The summed E-state index contributed by atoms with van der Waals surface area (Å²) in [5, 5.41) is 0.724. The lowest BCUT2D eigenvalue weighted by atomic mass is 10.1. The van der Waals surface area contributed by atoms with Crippen molar-refractivity contribution in [2.75, 3.05) is 0 Å². The van der Waals surface area contributed by atoms with Gasteiger partial charge in [-0.3, -0.25) is 4.79 Å². The van der Waals surface area contributed by atoms with Gasteiger partial charge in [0.25, 0.3) is 0 Å². The molecule has 0 bridgehead atoms. The number of carbonyl (C=O) groups is 2. The Morgan fingerprint density at radius 1 is 1.04 bits per heavy atom. The number of hydrogen-bond donors (Lipinski definition) is 0. The lowest BCUT2D eigenvalue weighted by molar-refractivity contribution is -0.138. The normalized spacial score (nSPS) is 16.9. The summed E-state index contributed by atoms with van der Waals surface area (Å²) in [6.45, 7) is 0. The van der Waals surface area contributed by atoms with Crippen LogP contribution in [0.3, 0.4) is 0 Å². The van der Waals surface area contributed by atoms with Gasteiger partial charge in [0.1, 0.15) is 11.1 Å². The summed E-state index contributed by atoms with van der Waals surface area (Å²) in [7, 11) is 0. The molecule has 6 heteroatoms. The van der Waals surface area contributed by atoms with Gasteiger partial charge in [-0.1, -0.05) is 65.7 Å². The first kappa shape index (κ1) is 18.1. The molecule has 1 aliphatic heterocycles. The highest BCUT2D eigenvalue weighted by Gasteiger charge is 2.35. The van der Waals surface area contributed by atoms with E-state index in [-0.39, 0.29) is 17.2 Å². The molecule has 1 atom stereocenters. The second-order valence-corrected chi connectivity index (χ2v) is 7.31. The van der Waals surface area contributed by atoms with Crippen molar-refractivity contribution >= 4 is 46.7 Å². The van der Waals surface area contributed by atoms with Crippen LogP contribution in [-0.2, 0) is 15.3 Å². The Morgan fingerprint density at radius 3 is 2.40 bits per heavy atom. The van der Waals surface area contributed by atoms with Gasteiger partial charge in [0.2, 0.25) is 0 Å². The third-order valence-corrected chi connectivity index (χ3v) is 5.69. The number of esters is 1. The largest absolute Gasteiger partial charge is 0.452 e. The second kappa shape index (κ2) is 8.09. The molecule has 0 aromatic heterocycles. The van der Waals surface area contributed by atoms with Gasteiger partial charge >= 0.3 is 5.97 Å². The van der Waals surface area contributed by atoms with E-state index in [1.807, 2.05) is 18.2 Å². The predicted molar refractivity (Wildman–Crippen MR) is 101 cm³/mol. The smallest absolute Gasteiger partial charge is 0.351 e. The van der Waals surface area contributed by atoms with Gasteiger partial charge in [0.05, 0.1) is 11.3 Å². The van der Waals surface area contributed by atoms with Crippen LogP contribution < -0.4 is 0 Å². The molecule has 0 amide bonds. The van der Waals surface area contributed by atoms with E-state index in [2.05, 4.69) is 0 Å². The molecule has 1 heterocycles. The number of cyclic esters (lactones) is 1. The van der Waals surface area contributed by atoms with E-state index in [0.717, 1.165) is 5.56 Å². The molecular weight excluding hydrogens is 379 g/mol. The number of halogens is 2. The summed E-state index contributed by atoms with van der Waals surface area (Å²) in [6, 6.07) is 16.4. The molecule has 0 spiro atoms. The van der Waals surface area contributed by atoms with E-state index in [9.17, 15) is 9.59 Å². The van der Waals surface area contributed by atoms with Gasteiger partial charge < -0.3 is 4.74 Å². The van der Waals surface area contributed by atoms with Gasteiger partial charge in [-0.25, -0.2) is 4.79 Å². The molecule has 2 aromatic rings. The molecule has 0 saturated heterocycles. The van der Waals surface area contributed by atoms with Crippen LogP contribution in [0.2, 0.25) is 5.02 Å². The van der Waals surface area contributed by atoms with Crippen LogP contribution in [0.1, 0.15) is 22.3 Å². The van der Waals surface area contributed by atoms with Crippen LogP contribution in [-0.4, -0.2) is 17.9 Å². The van der Waals surface area contributed by atoms with Gasteiger partial charge in [-0.15, -0.1) is 11.8 Å². The fraction of sp³-hybridized carbons (Fsp3) is 0.158. The average Bonchev–Trinajstić information content (AvgIpc) is 2.89. The Bertz CT molecular complexity index is 816. The summed E-state index contributed by atoms with van der Waals surface area (Å²) >= 11 is 13.4. The quantitative estimate of drug-likeness (QED) is 0.499. The molecule has 0 fully saturated rings. The van der Waals surface area contributed by atoms with Crippen LogP contribution in [0.25, 0.3) is 0 Å². The average molecular weight is 393 g/mol. The molecule has 2 aromatic carbocycles. The minimum absolute atomic E-state index is 0.0600. The number of ketones is 1. The Kier molecular flexibility index (Phi) is 5.84. The molecule has 3 rings (SSSR count). The molecule has 3 nitrogen and oxygen atoms in total. The molecule has 1 aliphatic rings. The number of rotatable bonds is 6. The van der Waals surface area contributed by atoms with Crippen LogP contribution in [0.4, 0.5) is 0 Å². The van der Waals surface area contributed by atoms with Gasteiger partial charge in [-0.2, -0.15) is 0 Å². The lowest BCUT2D eigenvalue weighted by Crippen LogP contribution is -2.16. The maximum Gasteiger partial charge on any atom is 0.351 e. The third-order valence-electron chi connectivity index (χ3n) is 3.71. The van der Waals surface area contributed by atoms with Gasteiger partial charge in [0.15, 0.2) is 5.78 Å². The maximum atomic E-state index is 12.4. The van der Waals surface area contributed by atoms with E-state index in [4.69, 9.17) is 27.9 Å². The summed E-state index contributed by atoms with van der Waals surface area (Å²) in [5.41, 5.74) is 1.63. The zero-order valence-electron chi connectivity index (χ0n) is 13.1. The topological polar surface area (TPSA) is 43.4 Å². The van der Waals surface area contributed by atoms with Crippen molar-refractivity contribution in [1.82, 2.24) is 0 Å². The number of hydrogen-bond acceptors (Lipinski definition) is 4. The molecule has 0 radical (unpaired) electrons. The van der Waals surface area contributed by atoms with Crippen LogP contribution in [0.15, 0.2) is 64.5 Å². The Balaban J connectivity index is 1.70. The maximum absolute atomic E-state index is 12.4. The highest BCUT2D eigenvalue weighted by atomic mass is 35.5. The first-order valence-corrected chi connectivity index (χ1v) is 9.35. The van der Waals surface area contributed by atoms with Crippen molar-refractivity contribution in [2.45, 2.75) is 18.3 Å². The van der Waals surface area contributed by atoms with Crippen molar-refractivity contribution in [3.05, 3.63) is 80.7 Å². The zero-order valence-corrected chi connectivity index (χ0v) is 15.4. The molecular formula is C19H14Cl2O3S. The second-order valence-electron chi connectivity index (χ2n) is 5.48. The van der Waals surface area contributed by atoms with Crippen molar-refractivity contribution < 1.29 is 14.3 Å². The number of ether oxygens (including phenoxy) is 1. The number of thioether (sulfide) groups is 1. The summed E-state index contributed by atoms with van der Waals surface area (Å²) in [5.74, 6) is -0.0597. The summed E-state index contributed by atoms with van der Waals surface area (Å²) < 4.78 is 5.28. The van der Waals surface area contributed by atoms with Gasteiger partial charge in [-0.05, 0) is 17.7 Å².